The number of esters is 1. The summed E-state index contributed by atoms with van der Waals surface area (Å²) < 4.78 is 32.3. The maximum absolute atomic E-state index is 13.9. The molecule has 3 bridgehead atoms. The first-order chi connectivity index (χ1) is 22.7. The lowest BCUT2D eigenvalue weighted by atomic mass is 9.54. The smallest absolute Gasteiger partial charge is 0.310 e. The van der Waals surface area contributed by atoms with E-state index in [0.29, 0.717) is 21.1 Å². The molecule has 0 spiro atoms. The van der Waals surface area contributed by atoms with Crippen LogP contribution in [0.5, 0.6) is 11.5 Å². The Hall–Kier alpha value is -3.07. The van der Waals surface area contributed by atoms with E-state index in [1.54, 1.807) is 25.1 Å². The van der Waals surface area contributed by atoms with Crippen molar-refractivity contribution in [3.63, 3.8) is 0 Å². The Labute approximate surface area is 292 Å². The zero-order valence-corrected chi connectivity index (χ0v) is 29.4. The van der Waals surface area contributed by atoms with Crippen LogP contribution < -0.4 is 4.74 Å². The summed E-state index contributed by atoms with van der Waals surface area (Å²) in [4.78, 5) is 27.1. The number of carbonyl (C=O) groups excluding carboxylic acids is 2. The van der Waals surface area contributed by atoms with Gasteiger partial charge in [0.1, 0.15) is 24.4 Å². The number of halogens is 1. The number of hydrogen-bond donors (Lipinski definition) is 3. The summed E-state index contributed by atoms with van der Waals surface area (Å²) in [6.45, 7) is 9.46. The van der Waals surface area contributed by atoms with Crippen LogP contribution in [0.2, 0.25) is 0 Å². The minimum Gasteiger partial charge on any atom is -0.504 e. The standard InChI is InChI=1S/C37H39IO10/c1-19(2)34-16-21(4)37-25(33(34)46-35(47-34,48-37)17-22-9-7-6-8-10-22)14-24(32(42)36(43)27(37)13-20(3)31(36)41)18-45-28(40)15-23-11-12-26(39)30(44-5)29(23)38/h6-14,21,25,27,32-33,39,42-43H,1,15-18H2,2-5H3/t21-,25+,27-,32-,33-,34-,35-,36-,37-/m1/s1. The molecule has 2 aromatic rings. The number of aliphatic hydroxyl groups is 2. The zero-order chi connectivity index (χ0) is 34.4. The molecular formula is C37H39IO10. The van der Waals surface area contributed by atoms with E-state index in [1.807, 2.05) is 66.8 Å². The Morgan fingerprint density at radius 3 is 2.56 bits per heavy atom. The molecular weight excluding hydrogens is 731 g/mol. The third-order valence-corrected chi connectivity index (χ3v) is 12.2. The summed E-state index contributed by atoms with van der Waals surface area (Å²) in [7, 11) is 1.43. The first-order valence-corrected chi connectivity index (χ1v) is 17.1. The van der Waals surface area contributed by atoms with Gasteiger partial charge in [0, 0.05) is 11.8 Å². The van der Waals surface area contributed by atoms with Crippen LogP contribution in [0.25, 0.3) is 0 Å². The molecule has 3 fully saturated rings. The molecule has 254 valence electrons. The number of ketones is 1. The van der Waals surface area contributed by atoms with Gasteiger partial charge in [0.25, 0.3) is 5.97 Å². The average molecular weight is 771 g/mol. The van der Waals surface area contributed by atoms with Gasteiger partial charge in [0.2, 0.25) is 0 Å². The third kappa shape index (κ3) is 4.61. The van der Waals surface area contributed by atoms with E-state index in [1.165, 1.54) is 13.2 Å². The van der Waals surface area contributed by atoms with Crippen molar-refractivity contribution in [2.24, 2.45) is 17.8 Å². The van der Waals surface area contributed by atoms with E-state index in [-0.39, 0.29) is 35.8 Å². The molecule has 11 heteroatoms. The number of phenolic OH excluding ortho intramolecular Hbond substituents is 1. The Bertz CT molecular complexity index is 1770. The molecule has 0 radical (unpaired) electrons. The second-order valence-corrected chi connectivity index (χ2v) is 14.9. The Balaban J connectivity index is 1.29. The van der Waals surface area contributed by atoms with Gasteiger partial charge < -0.3 is 39.0 Å². The van der Waals surface area contributed by atoms with Crippen molar-refractivity contribution >= 4 is 34.3 Å². The number of aliphatic hydroxyl groups excluding tert-OH is 1. The van der Waals surface area contributed by atoms with Crippen LogP contribution in [0.15, 0.2) is 77.9 Å². The van der Waals surface area contributed by atoms with Crippen LogP contribution in [0.1, 0.15) is 38.3 Å². The molecule has 5 aliphatic rings. The highest BCUT2D eigenvalue weighted by atomic mass is 127. The average Bonchev–Trinajstić information content (AvgIpc) is 3.38. The number of hydrogen-bond acceptors (Lipinski definition) is 10. The second-order valence-electron chi connectivity index (χ2n) is 13.8. The highest BCUT2D eigenvalue weighted by Gasteiger charge is 2.80. The van der Waals surface area contributed by atoms with E-state index in [2.05, 4.69) is 6.58 Å². The van der Waals surface area contributed by atoms with Crippen molar-refractivity contribution < 1.29 is 48.6 Å². The van der Waals surface area contributed by atoms with Crippen molar-refractivity contribution in [3.8, 4) is 11.5 Å². The normalized spacial score (nSPS) is 37.6. The lowest BCUT2D eigenvalue weighted by molar-refractivity contribution is -0.422. The summed E-state index contributed by atoms with van der Waals surface area (Å²) in [5, 5.41) is 34.5. The number of benzene rings is 2. The van der Waals surface area contributed by atoms with Gasteiger partial charge in [-0.15, -0.1) is 0 Å². The summed E-state index contributed by atoms with van der Waals surface area (Å²) in [5.74, 6) is -4.44. The monoisotopic (exact) mass is 770 g/mol. The van der Waals surface area contributed by atoms with Crippen LogP contribution in [0.3, 0.4) is 0 Å². The fourth-order valence-electron chi connectivity index (χ4n) is 8.79. The van der Waals surface area contributed by atoms with Crippen molar-refractivity contribution in [2.45, 2.75) is 75.0 Å². The summed E-state index contributed by atoms with van der Waals surface area (Å²) in [6, 6.07) is 12.7. The first kappa shape index (κ1) is 33.4. The fourth-order valence-corrected chi connectivity index (χ4v) is 9.66. The van der Waals surface area contributed by atoms with Crippen molar-refractivity contribution in [3.05, 3.63) is 92.6 Å². The van der Waals surface area contributed by atoms with E-state index in [9.17, 15) is 24.9 Å². The minimum atomic E-state index is -2.29. The van der Waals surface area contributed by atoms with Gasteiger partial charge >= 0.3 is 5.97 Å². The number of fused-ring (bicyclic) bond motifs is 2. The van der Waals surface area contributed by atoms with Crippen molar-refractivity contribution in [1.82, 2.24) is 0 Å². The maximum Gasteiger partial charge on any atom is 0.310 e. The van der Waals surface area contributed by atoms with Gasteiger partial charge in [-0.3, -0.25) is 9.59 Å². The number of carbonyl (C=O) groups is 2. The van der Waals surface area contributed by atoms with Gasteiger partial charge in [0.15, 0.2) is 22.9 Å². The molecule has 9 atom stereocenters. The summed E-state index contributed by atoms with van der Waals surface area (Å²) >= 11 is 1.99. The molecule has 3 aliphatic carbocycles. The molecule has 0 amide bonds. The molecule has 7 rings (SSSR count). The van der Waals surface area contributed by atoms with Crippen molar-refractivity contribution in [1.29, 1.82) is 0 Å². The lowest BCUT2D eigenvalue weighted by Crippen LogP contribution is -2.71. The van der Waals surface area contributed by atoms with E-state index >= 15 is 0 Å². The number of methoxy groups -OCH3 is 1. The number of rotatable bonds is 8. The predicted molar refractivity (Wildman–Crippen MR) is 181 cm³/mol. The van der Waals surface area contributed by atoms with Gasteiger partial charge in [-0.2, -0.15) is 0 Å². The molecule has 2 aliphatic heterocycles. The first-order valence-electron chi connectivity index (χ1n) is 16.0. The molecule has 0 aromatic heterocycles. The molecule has 2 saturated heterocycles. The summed E-state index contributed by atoms with van der Waals surface area (Å²) in [6.07, 6.45) is 1.70. The molecule has 2 aromatic carbocycles. The highest BCUT2D eigenvalue weighted by molar-refractivity contribution is 14.1. The SMILES string of the molecule is C=C(C)[C@]12C[C@@H](C)[C@@]34O[C@](Cc5ccccc5)(O[C@@H]1[C@@H]3C=C(COC(=O)Cc1ccc(O)c(OC)c1I)[C@@H](O)[C@]1(O)C(=O)C(C)=C[C@H]14)O2. The molecule has 3 N–H and O–H groups in total. The van der Waals surface area contributed by atoms with Gasteiger partial charge in [-0.1, -0.05) is 62.1 Å². The Kier molecular flexibility index (Phi) is 8.00. The maximum atomic E-state index is 13.9. The van der Waals surface area contributed by atoms with Gasteiger partial charge in [0.05, 0.1) is 29.1 Å². The van der Waals surface area contributed by atoms with Crippen LogP contribution >= 0.6 is 22.6 Å². The lowest BCUT2D eigenvalue weighted by Gasteiger charge is -2.59. The van der Waals surface area contributed by atoms with Gasteiger partial charge in [-0.05, 0) is 82.7 Å². The Morgan fingerprint density at radius 2 is 1.88 bits per heavy atom. The number of phenols is 1. The molecule has 10 nitrogen and oxygen atoms in total. The molecule has 48 heavy (non-hydrogen) atoms. The van der Waals surface area contributed by atoms with Crippen molar-refractivity contribution in [2.75, 3.05) is 13.7 Å². The quantitative estimate of drug-likeness (QED) is 0.202. The molecule has 1 saturated carbocycles. The molecule has 0 unspecified atom stereocenters. The third-order valence-electron chi connectivity index (χ3n) is 11.0. The van der Waals surface area contributed by atoms with Crippen LogP contribution in [0.4, 0.5) is 0 Å². The van der Waals surface area contributed by atoms with E-state index in [0.717, 1.165) is 11.1 Å². The second kappa shape index (κ2) is 11.5. The van der Waals surface area contributed by atoms with Crippen LogP contribution in [0, 0.1) is 21.3 Å². The highest BCUT2D eigenvalue weighted by Crippen LogP contribution is 2.68. The van der Waals surface area contributed by atoms with Crippen LogP contribution in [-0.2, 0) is 41.4 Å². The summed E-state index contributed by atoms with van der Waals surface area (Å²) in [5.41, 5.74) is -1.76. The van der Waals surface area contributed by atoms with E-state index < -0.39 is 65.2 Å². The van der Waals surface area contributed by atoms with Gasteiger partial charge in [-0.25, -0.2) is 0 Å². The zero-order valence-electron chi connectivity index (χ0n) is 27.2. The fraction of sp³-hybridized carbons (Fsp3) is 0.459. The number of ether oxygens (including phenoxy) is 5. The topological polar surface area (TPSA) is 141 Å². The number of Topliss-reactive ketones (excluding diaryl/α,β-unsaturated/α-hetero) is 1. The Morgan fingerprint density at radius 1 is 1.15 bits per heavy atom. The minimum absolute atomic E-state index is 0.0516. The number of aromatic hydroxyl groups is 1. The molecule has 2 heterocycles. The van der Waals surface area contributed by atoms with E-state index in [4.69, 9.17) is 23.7 Å². The predicted octanol–water partition coefficient (Wildman–Crippen LogP) is 4.32. The largest absolute Gasteiger partial charge is 0.504 e. The van der Waals surface area contributed by atoms with Crippen LogP contribution in [-0.4, -0.2) is 75.8 Å².